The topological polar surface area (TPSA) is 48.2 Å². The number of ether oxygens (including phenoxy) is 1. The predicted molar refractivity (Wildman–Crippen MR) is 56.8 cm³/mol. The van der Waals surface area contributed by atoms with Crippen molar-refractivity contribution in [1.29, 1.82) is 0 Å². The second-order valence-electron chi connectivity index (χ2n) is 2.91. The highest BCUT2D eigenvalue weighted by atomic mass is 32.2. The molecule has 0 unspecified atom stereocenters. The van der Waals surface area contributed by atoms with Gasteiger partial charge in [0.05, 0.1) is 0 Å². The van der Waals surface area contributed by atoms with E-state index in [1.54, 1.807) is 12.1 Å². The highest BCUT2D eigenvalue weighted by Gasteiger charge is 2.05. The Morgan fingerprint density at radius 3 is 2.69 bits per heavy atom. The molecule has 0 aliphatic heterocycles. The lowest BCUT2D eigenvalue weighted by molar-refractivity contribution is 0.252. The Morgan fingerprint density at radius 1 is 1.31 bits per heavy atom. The number of hydrogen-bond acceptors (Lipinski definition) is 5. The molecule has 0 bridgehead atoms. The highest BCUT2D eigenvalue weighted by molar-refractivity contribution is 7.98. The second-order valence-corrected chi connectivity index (χ2v) is 3.67. The summed E-state index contributed by atoms with van der Waals surface area (Å²) in [7, 11) is 0. The molecular weight excluding hydrogens is 231 g/mol. The summed E-state index contributed by atoms with van der Waals surface area (Å²) in [6, 6.07) is 5.75. The minimum atomic E-state index is -0.296. The van der Waals surface area contributed by atoms with E-state index in [0.717, 1.165) is 0 Å². The molecule has 1 aromatic heterocycles. The van der Waals surface area contributed by atoms with Crippen LogP contribution in [-0.2, 0) is 6.61 Å². The zero-order chi connectivity index (χ0) is 11.4. The van der Waals surface area contributed by atoms with Crippen molar-refractivity contribution in [2.24, 2.45) is 0 Å². The van der Waals surface area contributed by atoms with Gasteiger partial charge in [0.25, 0.3) is 11.1 Å². The van der Waals surface area contributed by atoms with Gasteiger partial charge in [0.15, 0.2) is 6.61 Å². The Labute approximate surface area is 95.8 Å². The average molecular weight is 240 g/mol. The van der Waals surface area contributed by atoms with E-state index in [1.807, 2.05) is 6.26 Å². The van der Waals surface area contributed by atoms with Crippen molar-refractivity contribution in [1.82, 2.24) is 10.2 Å². The van der Waals surface area contributed by atoms with Gasteiger partial charge in [0, 0.05) is 0 Å². The molecule has 0 amide bonds. The number of aromatic nitrogens is 2. The van der Waals surface area contributed by atoms with Crippen LogP contribution in [0.4, 0.5) is 4.39 Å². The molecule has 2 aromatic rings. The van der Waals surface area contributed by atoms with Crippen LogP contribution < -0.4 is 4.74 Å². The molecule has 0 spiro atoms. The van der Waals surface area contributed by atoms with Crippen LogP contribution in [0.3, 0.4) is 0 Å². The van der Waals surface area contributed by atoms with Gasteiger partial charge in [-0.2, -0.15) is 0 Å². The van der Waals surface area contributed by atoms with Gasteiger partial charge in [-0.15, -0.1) is 10.2 Å². The van der Waals surface area contributed by atoms with Crippen molar-refractivity contribution in [3.63, 3.8) is 0 Å². The Hall–Kier alpha value is -1.56. The van der Waals surface area contributed by atoms with Gasteiger partial charge in [-0.3, -0.25) is 0 Å². The van der Waals surface area contributed by atoms with Crippen molar-refractivity contribution >= 4 is 11.8 Å². The van der Waals surface area contributed by atoms with E-state index in [0.29, 0.717) is 16.9 Å². The largest absolute Gasteiger partial charge is 0.484 e. The lowest BCUT2D eigenvalue weighted by Gasteiger charge is -2.01. The summed E-state index contributed by atoms with van der Waals surface area (Å²) in [5.41, 5.74) is 0. The number of benzene rings is 1. The number of nitrogens with zero attached hydrogens (tertiary/aromatic N) is 2. The Balaban J connectivity index is 1.94. The van der Waals surface area contributed by atoms with E-state index >= 15 is 0 Å². The third-order valence-corrected chi connectivity index (χ3v) is 2.31. The van der Waals surface area contributed by atoms with Crippen molar-refractivity contribution in [2.75, 3.05) is 6.26 Å². The standard InChI is InChI=1S/C10H9FN2O2S/c1-16-10-13-12-9(15-10)6-14-8-4-2-7(11)3-5-8/h2-5H,6H2,1H3. The van der Waals surface area contributed by atoms with Crippen LogP contribution in [0.5, 0.6) is 5.75 Å². The second kappa shape index (κ2) is 4.98. The first kappa shape index (κ1) is 10.9. The van der Waals surface area contributed by atoms with E-state index in [1.165, 1.54) is 23.9 Å². The molecule has 84 valence electrons. The quantitative estimate of drug-likeness (QED) is 0.768. The summed E-state index contributed by atoms with van der Waals surface area (Å²) in [6.07, 6.45) is 1.85. The monoisotopic (exact) mass is 240 g/mol. The fourth-order valence-corrected chi connectivity index (χ4v) is 1.36. The Bertz CT molecular complexity index is 458. The third kappa shape index (κ3) is 2.73. The number of thioether (sulfide) groups is 1. The fourth-order valence-electron chi connectivity index (χ4n) is 1.05. The molecule has 0 fully saturated rings. The number of rotatable bonds is 4. The van der Waals surface area contributed by atoms with Crippen molar-refractivity contribution in [3.05, 3.63) is 36.0 Å². The Morgan fingerprint density at radius 2 is 2.06 bits per heavy atom. The van der Waals surface area contributed by atoms with Crippen molar-refractivity contribution < 1.29 is 13.5 Å². The van der Waals surface area contributed by atoms with Crippen LogP contribution in [0.1, 0.15) is 5.89 Å². The van der Waals surface area contributed by atoms with Crippen molar-refractivity contribution in [3.8, 4) is 5.75 Å². The van der Waals surface area contributed by atoms with E-state index in [-0.39, 0.29) is 12.4 Å². The molecule has 0 N–H and O–H groups in total. The zero-order valence-corrected chi connectivity index (χ0v) is 9.33. The molecule has 0 aliphatic carbocycles. The summed E-state index contributed by atoms with van der Waals surface area (Å²) in [6.45, 7) is 0.180. The molecule has 0 aliphatic rings. The summed E-state index contributed by atoms with van der Waals surface area (Å²) >= 11 is 1.37. The fraction of sp³-hybridized carbons (Fsp3) is 0.200. The summed E-state index contributed by atoms with van der Waals surface area (Å²) in [4.78, 5) is 0. The molecule has 4 nitrogen and oxygen atoms in total. The minimum Gasteiger partial charge on any atom is -0.484 e. The SMILES string of the molecule is CSc1nnc(COc2ccc(F)cc2)o1. The first-order chi connectivity index (χ1) is 7.78. The molecule has 0 atom stereocenters. The van der Waals surface area contributed by atoms with E-state index in [9.17, 15) is 4.39 Å². The van der Waals surface area contributed by atoms with Crippen LogP contribution in [0, 0.1) is 5.82 Å². The average Bonchev–Trinajstić information content (AvgIpc) is 2.76. The highest BCUT2D eigenvalue weighted by Crippen LogP contribution is 2.15. The van der Waals surface area contributed by atoms with Gasteiger partial charge in [0.1, 0.15) is 11.6 Å². The van der Waals surface area contributed by atoms with E-state index in [2.05, 4.69) is 10.2 Å². The first-order valence-electron chi connectivity index (χ1n) is 4.52. The third-order valence-electron chi connectivity index (χ3n) is 1.80. The van der Waals surface area contributed by atoms with Gasteiger partial charge in [-0.1, -0.05) is 11.8 Å². The molecule has 0 saturated heterocycles. The summed E-state index contributed by atoms with van der Waals surface area (Å²) in [5, 5.41) is 8.05. The lowest BCUT2D eigenvalue weighted by Crippen LogP contribution is -1.95. The number of halogens is 1. The van der Waals surface area contributed by atoms with Crippen LogP contribution in [0.15, 0.2) is 33.9 Å². The van der Waals surface area contributed by atoms with E-state index in [4.69, 9.17) is 9.15 Å². The van der Waals surface area contributed by atoms with Crippen molar-refractivity contribution in [2.45, 2.75) is 11.8 Å². The molecule has 1 aromatic carbocycles. The predicted octanol–water partition coefficient (Wildman–Crippen LogP) is 2.51. The molecule has 0 saturated carbocycles. The maximum atomic E-state index is 12.6. The molecular formula is C10H9FN2O2S. The van der Waals surface area contributed by atoms with Crippen LogP contribution >= 0.6 is 11.8 Å². The van der Waals surface area contributed by atoms with Gasteiger partial charge in [-0.05, 0) is 30.5 Å². The normalized spacial score (nSPS) is 10.4. The maximum Gasteiger partial charge on any atom is 0.276 e. The minimum absolute atomic E-state index is 0.180. The van der Waals surface area contributed by atoms with Gasteiger partial charge in [-0.25, -0.2) is 4.39 Å². The molecule has 1 heterocycles. The molecule has 2 rings (SSSR count). The molecule has 16 heavy (non-hydrogen) atoms. The van der Waals surface area contributed by atoms with Gasteiger partial charge in [0.2, 0.25) is 0 Å². The smallest absolute Gasteiger partial charge is 0.276 e. The van der Waals surface area contributed by atoms with Crippen LogP contribution in [0.2, 0.25) is 0 Å². The molecule has 6 heteroatoms. The van der Waals surface area contributed by atoms with Gasteiger partial charge < -0.3 is 9.15 Å². The number of hydrogen-bond donors (Lipinski definition) is 0. The van der Waals surface area contributed by atoms with Crippen LogP contribution in [-0.4, -0.2) is 16.5 Å². The lowest BCUT2D eigenvalue weighted by atomic mass is 10.3. The molecule has 0 radical (unpaired) electrons. The van der Waals surface area contributed by atoms with Crippen LogP contribution in [0.25, 0.3) is 0 Å². The van der Waals surface area contributed by atoms with Gasteiger partial charge >= 0.3 is 0 Å². The summed E-state index contributed by atoms with van der Waals surface area (Å²) < 4.78 is 23.2. The van der Waals surface area contributed by atoms with E-state index < -0.39 is 0 Å². The Kier molecular flexibility index (Phi) is 3.40. The first-order valence-corrected chi connectivity index (χ1v) is 5.75. The zero-order valence-electron chi connectivity index (χ0n) is 8.51. The maximum absolute atomic E-state index is 12.6. The summed E-state index contributed by atoms with van der Waals surface area (Å²) in [5.74, 6) is 0.661.